The van der Waals surface area contributed by atoms with Crippen LogP contribution < -0.4 is 0 Å². The molecule has 0 spiro atoms. The van der Waals surface area contributed by atoms with Crippen LogP contribution in [0.5, 0.6) is 0 Å². The molecule has 2 aromatic rings. The summed E-state index contributed by atoms with van der Waals surface area (Å²) in [5, 5.41) is 0. The number of hydrogen-bond donors (Lipinski definition) is 0. The third-order valence-corrected chi connectivity index (χ3v) is 6.47. The highest BCUT2D eigenvalue weighted by Crippen LogP contribution is 2.20. The molecular weight excluding hydrogens is 411 g/mol. The smallest absolute Gasteiger partial charge is 0.256 e. The highest BCUT2D eigenvalue weighted by atomic mass is 79.9. The summed E-state index contributed by atoms with van der Waals surface area (Å²) < 4.78 is 41.0. The maximum atomic E-state index is 14.0. The van der Waals surface area contributed by atoms with Crippen LogP contribution in [0.4, 0.5) is 4.39 Å². The summed E-state index contributed by atoms with van der Waals surface area (Å²) in [7, 11) is -3.57. The lowest BCUT2D eigenvalue weighted by Gasteiger charge is -2.34. The Labute approximate surface area is 154 Å². The van der Waals surface area contributed by atoms with Crippen molar-refractivity contribution in [3.63, 3.8) is 0 Å². The summed E-state index contributed by atoms with van der Waals surface area (Å²) >= 11 is 3.16. The van der Waals surface area contributed by atoms with Crippen LogP contribution in [0.3, 0.4) is 0 Å². The van der Waals surface area contributed by atoms with Gasteiger partial charge in [0.2, 0.25) is 10.0 Å². The van der Waals surface area contributed by atoms with Gasteiger partial charge in [-0.05, 0) is 30.3 Å². The lowest BCUT2D eigenvalue weighted by atomic mass is 10.1. The van der Waals surface area contributed by atoms with E-state index in [1.807, 2.05) is 0 Å². The minimum absolute atomic E-state index is 0.0115. The molecule has 0 aliphatic carbocycles. The summed E-state index contributed by atoms with van der Waals surface area (Å²) in [5.41, 5.74) is -0.0115. The number of amides is 1. The minimum Gasteiger partial charge on any atom is -0.336 e. The first kappa shape index (κ1) is 18.0. The molecular formula is C17H16BrFN2O3S. The summed E-state index contributed by atoms with van der Waals surface area (Å²) in [6.07, 6.45) is 0. The number of rotatable bonds is 3. The summed E-state index contributed by atoms with van der Waals surface area (Å²) in [6, 6.07) is 12.5. The van der Waals surface area contributed by atoms with Crippen LogP contribution >= 0.6 is 15.9 Å². The van der Waals surface area contributed by atoms with E-state index in [1.54, 1.807) is 36.4 Å². The van der Waals surface area contributed by atoms with E-state index in [-0.39, 0.29) is 36.6 Å². The van der Waals surface area contributed by atoms with Gasteiger partial charge in [0.05, 0.1) is 10.5 Å². The van der Waals surface area contributed by atoms with E-state index in [1.165, 1.54) is 21.3 Å². The Morgan fingerprint density at radius 1 is 1.00 bits per heavy atom. The molecule has 2 aromatic carbocycles. The summed E-state index contributed by atoms with van der Waals surface area (Å²) in [4.78, 5) is 14.2. The van der Waals surface area contributed by atoms with E-state index in [0.29, 0.717) is 4.47 Å². The number of nitrogens with zero attached hydrogens (tertiary/aromatic N) is 2. The van der Waals surface area contributed by atoms with Crippen LogP contribution in [0.15, 0.2) is 57.9 Å². The van der Waals surface area contributed by atoms with Crippen LogP contribution in [0.25, 0.3) is 0 Å². The summed E-state index contributed by atoms with van der Waals surface area (Å²) in [5.74, 6) is -1.03. The molecule has 0 radical (unpaired) electrons. The largest absolute Gasteiger partial charge is 0.336 e. The second-order valence-corrected chi connectivity index (χ2v) is 8.49. The lowest BCUT2D eigenvalue weighted by Crippen LogP contribution is -2.50. The highest BCUT2D eigenvalue weighted by Gasteiger charge is 2.30. The standard InChI is InChI=1S/C17H16BrFN2O3S/c18-13-6-7-15(16(19)12-13)17(22)20-8-10-21(11-9-20)25(23,24)14-4-2-1-3-5-14/h1-7,12H,8-11H2. The fourth-order valence-electron chi connectivity index (χ4n) is 2.71. The average Bonchev–Trinajstić information content (AvgIpc) is 2.62. The van der Waals surface area contributed by atoms with Crippen molar-refractivity contribution < 1.29 is 17.6 Å². The predicted molar refractivity (Wildman–Crippen MR) is 95.2 cm³/mol. The number of piperazine rings is 1. The third kappa shape index (κ3) is 3.75. The molecule has 0 bridgehead atoms. The number of halogens is 2. The number of carbonyl (C=O) groups excluding carboxylic acids is 1. The monoisotopic (exact) mass is 426 g/mol. The Bertz CT molecular complexity index is 882. The molecule has 1 heterocycles. The molecule has 0 aromatic heterocycles. The molecule has 3 rings (SSSR count). The van der Waals surface area contributed by atoms with Gasteiger partial charge in [0.1, 0.15) is 5.82 Å². The maximum absolute atomic E-state index is 14.0. The molecule has 1 aliphatic heterocycles. The second-order valence-electron chi connectivity index (χ2n) is 5.63. The molecule has 0 atom stereocenters. The zero-order valence-corrected chi connectivity index (χ0v) is 15.6. The number of hydrogen-bond acceptors (Lipinski definition) is 3. The first-order valence-corrected chi connectivity index (χ1v) is 9.92. The normalized spacial score (nSPS) is 16.0. The molecule has 5 nitrogen and oxygen atoms in total. The van der Waals surface area contributed by atoms with E-state index < -0.39 is 21.7 Å². The fraction of sp³-hybridized carbons (Fsp3) is 0.235. The Morgan fingerprint density at radius 3 is 2.24 bits per heavy atom. The fourth-order valence-corrected chi connectivity index (χ4v) is 4.48. The molecule has 8 heteroatoms. The molecule has 1 fully saturated rings. The Kier molecular flexibility index (Phi) is 5.21. The number of carbonyl (C=O) groups is 1. The van der Waals surface area contributed by atoms with Crippen LogP contribution in [-0.2, 0) is 10.0 Å². The predicted octanol–water partition coefficient (Wildman–Crippen LogP) is 2.73. The van der Waals surface area contributed by atoms with Gasteiger partial charge in [-0.15, -0.1) is 0 Å². The Balaban J connectivity index is 1.70. The summed E-state index contributed by atoms with van der Waals surface area (Å²) in [6.45, 7) is 0.809. The van der Waals surface area contributed by atoms with Gasteiger partial charge in [0.15, 0.2) is 0 Å². The van der Waals surface area contributed by atoms with Crippen molar-refractivity contribution in [3.8, 4) is 0 Å². The van der Waals surface area contributed by atoms with E-state index in [9.17, 15) is 17.6 Å². The van der Waals surface area contributed by atoms with Gasteiger partial charge < -0.3 is 4.90 Å². The average molecular weight is 427 g/mol. The highest BCUT2D eigenvalue weighted by molar-refractivity contribution is 9.10. The number of benzene rings is 2. The quantitative estimate of drug-likeness (QED) is 0.757. The van der Waals surface area contributed by atoms with Crippen LogP contribution in [-0.4, -0.2) is 49.7 Å². The molecule has 25 heavy (non-hydrogen) atoms. The second kappa shape index (κ2) is 7.23. The van der Waals surface area contributed by atoms with E-state index in [0.717, 1.165) is 0 Å². The molecule has 0 saturated carbocycles. The van der Waals surface area contributed by atoms with Gasteiger partial charge in [0.25, 0.3) is 5.91 Å². The van der Waals surface area contributed by atoms with Crippen molar-refractivity contribution in [2.75, 3.05) is 26.2 Å². The molecule has 0 unspecified atom stereocenters. The Hall–Kier alpha value is -1.77. The molecule has 1 amide bonds. The topological polar surface area (TPSA) is 57.7 Å². The zero-order chi connectivity index (χ0) is 18.0. The van der Waals surface area contributed by atoms with E-state index >= 15 is 0 Å². The van der Waals surface area contributed by atoms with Crippen molar-refractivity contribution in [2.24, 2.45) is 0 Å². The zero-order valence-electron chi connectivity index (χ0n) is 13.2. The van der Waals surface area contributed by atoms with Gasteiger partial charge in [-0.1, -0.05) is 34.1 Å². The van der Waals surface area contributed by atoms with Crippen molar-refractivity contribution in [1.82, 2.24) is 9.21 Å². The van der Waals surface area contributed by atoms with Gasteiger partial charge in [-0.3, -0.25) is 4.79 Å². The van der Waals surface area contributed by atoms with Crippen LogP contribution in [0.2, 0.25) is 0 Å². The van der Waals surface area contributed by atoms with Crippen molar-refractivity contribution >= 4 is 31.9 Å². The first-order valence-electron chi connectivity index (χ1n) is 7.69. The maximum Gasteiger partial charge on any atom is 0.256 e. The van der Waals surface area contributed by atoms with Crippen LogP contribution in [0.1, 0.15) is 10.4 Å². The van der Waals surface area contributed by atoms with Gasteiger partial charge in [-0.2, -0.15) is 4.31 Å². The first-order chi connectivity index (χ1) is 11.9. The SMILES string of the molecule is O=C(c1ccc(Br)cc1F)N1CCN(S(=O)(=O)c2ccccc2)CC1. The van der Waals surface area contributed by atoms with E-state index in [4.69, 9.17) is 0 Å². The lowest BCUT2D eigenvalue weighted by molar-refractivity contribution is 0.0693. The molecule has 132 valence electrons. The van der Waals surface area contributed by atoms with Gasteiger partial charge in [0, 0.05) is 30.7 Å². The van der Waals surface area contributed by atoms with Gasteiger partial charge in [-0.25, -0.2) is 12.8 Å². The van der Waals surface area contributed by atoms with Gasteiger partial charge >= 0.3 is 0 Å². The van der Waals surface area contributed by atoms with Crippen molar-refractivity contribution in [3.05, 3.63) is 64.4 Å². The third-order valence-electron chi connectivity index (χ3n) is 4.07. The minimum atomic E-state index is -3.57. The van der Waals surface area contributed by atoms with Crippen molar-refractivity contribution in [1.29, 1.82) is 0 Å². The molecule has 1 saturated heterocycles. The Morgan fingerprint density at radius 2 is 1.64 bits per heavy atom. The molecule has 0 N–H and O–H groups in total. The van der Waals surface area contributed by atoms with Crippen molar-refractivity contribution in [2.45, 2.75) is 4.90 Å². The number of sulfonamides is 1. The molecule has 1 aliphatic rings. The van der Waals surface area contributed by atoms with Crippen LogP contribution in [0, 0.1) is 5.82 Å². The van der Waals surface area contributed by atoms with E-state index in [2.05, 4.69) is 15.9 Å².